The third-order valence-electron chi connectivity index (χ3n) is 11.0. The van der Waals surface area contributed by atoms with Gasteiger partial charge in [-0.2, -0.15) is 0 Å². The number of rotatable bonds is 15. The van der Waals surface area contributed by atoms with Gasteiger partial charge in [0, 0.05) is 42.1 Å². The van der Waals surface area contributed by atoms with Gasteiger partial charge in [0.25, 0.3) is 0 Å². The highest BCUT2D eigenvalue weighted by Crippen LogP contribution is 2.40. The zero-order valence-electron chi connectivity index (χ0n) is 34.6. The number of pyridine rings is 1. The van der Waals surface area contributed by atoms with Crippen LogP contribution in [0.2, 0.25) is 5.02 Å². The molecule has 1 aromatic carbocycles. The molecule has 3 aromatic rings. The molecule has 3 fully saturated rings. The standard InChI is InChI=1S/C42H55ClN6O9S/c1-9-10-15-42(7,38(52)53)48-36(50)30-18-26(20-49(30)37(51)35(41(4,5)6)47-40(54)58-25-16-23-11-12-24(17-25)56-23)57-32-19-28(29-21-59-39(46-29)44-22(2)3)45-34-27(32)13-14-31(55-8)33(34)43/h9,13-14,19,21-26,30,35H,1,10-12,15-18,20H2,2-8H3,(H,44,46)(H,47,54)(H,48,50)(H,52,53)/t23-,24+,25+,26-,30+,35-,42+/m1/s1. The molecule has 3 amide bonds. The summed E-state index contributed by atoms with van der Waals surface area (Å²) in [5, 5.41) is 22.4. The fourth-order valence-electron chi connectivity index (χ4n) is 7.85. The van der Waals surface area contributed by atoms with Gasteiger partial charge in [-0.15, -0.1) is 17.9 Å². The van der Waals surface area contributed by atoms with Gasteiger partial charge in [-0.3, -0.25) is 9.59 Å². The number of thiazole rings is 1. The van der Waals surface area contributed by atoms with Gasteiger partial charge in [0.1, 0.15) is 52.0 Å². The second-order valence-electron chi connectivity index (χ2n) is 17.2. The topological polar surface area (TPSA) is 191 Å². The predicted octanol–water partition coefficient (Wildman–Crippen LogP) is 6.97. The van der Waals surface area contributed by atoms with Gasteiger partial charge in [-0.1, -0.05) is 38.4 Å². The van der Waals surface area contributed by atoms with E-state index in [1.165, 1.54) is 30.3 Å². The quantitative estimate of drug-likeness (QED) is 0.115. The summed E-state index contributed by atoms with van der Waals surface area (Å²) < 4.78 is 24.0. The van der Waals surface area contributed by atoms with Crippen molar-refractivity contribution in [3.05, 3.63) is 41.3 Å². The SMILES string of the molecule is C=CCC[C@](C)(NC(=O)[C@@H]1C[C@@H](Oc2cc(-c3csc(NC(C)C)n3)nc3c(Cl)c(OC)ccc23)CN1C(=O)[C@@H](NC(=O)O[C@H]1C[C@H]2CC[C@@H](C1)O2)C(C)(C)C)C(=O)O. The van der Waals surface area contributed by atoms with Gasteiger partial charge in [0.05, 0.1) is 37.1 Å². The molecule has 2 aromatic heterocycles. The molecular weight excluding hydrogens is 800 g/mol. The number of nitrogens with zero attached hydrogens (tertiary/aromatic N) is 3. The number of alkyl carbamates (subject to hydrolysis) is 1. The number of carboxylic acids is 1. The van der Waals surface area contributed by atoms with Crippen molar-refractivity contribution in [1.29, 1.82) is 0 Å². The number of hydrogen-bond donors (Lipinski definition) is 4. The maximum Gasteiger partial charge on any atom is 0.408 e. The van der Waals surface area contributed by atoms with Crippen LogP contribution in [0.15, 0.2) is 36.2 Å². The van der Waals surface area contributed by atoms with E-state index < -0.39 is 53.0 Å². The Hall–Kier alpha value is -4.67. The summed E-state index contributed by atoms with van der Waals surface area (Å²) in [4.78, 5) is 66.0. The summed E-state index contributed by atoms with van der Waals surface area (Å²) in [5.74, 6) is -1.67. The van der Waals surface area contributed by atoms with Gasteiger partial charge in [-0.25, -0.2) is 19.6 Å². The van der Waals surface area contributed by atoms with Crippen LogP contribution in [0, 0.1) is 5.41 Å². The molecule has 3 aliphatic heterocycles. The molecule has 320 valence electrons. The molecule has 0 spiro atoms. The number of halogens is 1. The number of anilines is 1. The van der Waals surface area contributed by atoms with E-state index in [0.29, 0.717) is 58.2 Å². The second kappa shape index (κ2) is 17.9. The number of carbonyl (C=O) groups is 4. The largest absolute Gasteiger partial charge is 0.495 e. The number of carbonyl (C=O) groups excluding carboxylic acids is 3. The number of likely N-dealkylation sites (tertiary alicyclic amines) is 1. The van der Waals surface area contributed by atoms with Crippen molar-refractivity contribution in [2.75, 3.05) is 19.0 Å². The predicted molar refractivity (Wildman–Crippen MR) is 225 cm³/mol. The van der Waals surface area contributed by atoms with E-state index >= 15 is 0 Å². The van der Waals surface area contributed by atoms with Crippen molar-refractivity contribution < 1.29 is 43.2 Å². The molecule has 3 saturated heterocycles. The van der Waals surface area contributed by atoms with Crippen molar-refractivity contribution in [3.8, 4) is 22.9 Å². The van der Waals surface area contributed by atoms with Crippen molar-refractivity contribution in [3.63, 3.8) is 0 Å². The molecule has 0 unspecified atom stereocenters. The first-order valence-electron chi connectivity index (χ1n) is 20.0. The van der Waals surface area contributed by atoms with E-state index in [9.17, 15) is 24.3 Å². The molecule has 0 aliphatic carbocycles. The highest BCUT2D eigenvalue weighted by atomic mass is 35.5. The fourth-order valence-corrected chi connectivity index (χ4v) is 8.98. The summed E-state index contributed by atoms with van der Waals surface area (Å²) in [5.41, 5.74) is -1.03. The first-order valence-corrected chi connectivity index (χ1v) is 21.3. The average Bonchev–Trinajstić information content (AvgIpc) is 3.90. The Morgan fingerprint density at radius 1 is 1.07 bits per heavy atom. The van der Waals surface area contributed by atoms with Gasteiger partial charge < -0.3 is 44.9 Å². The lowest BCUT2D eigenvalue weighted by Crippen LogP contribution is -2.60. The maximum atomic E-state index is 14.8. The van der Waals surface area contributed by atoms with E-state index in [2.05, 4.69) is 22.5 Å². The lowest BCUT2D eigenvalue weighted by atomic mass is 9.85. The van der Waals surface area contributed by atoms with Gasteiger partial charge in [0.15, 0.2) is 5.13 Å². The zero-order valence-corrected chi connectivity index (χ0v) is 36.2. The monoisotopic (exact) mass is 854 g/mol. The summed E-state index contributed by atoms with van der Waals surface area (Å²) in [6.45, 7) is 14.5. The normalized spacial score (nSPS) is 23.0. The number of carboxylic acid groups (broad SMARTS) is 1. The molecule has 17 heteroatoms. The third kappa shape index (κ3) is 10.0. The number of amides is 3. The molecule has 3 aliphatic rings. The van der Waals surface area contributed by atoms with E-state index in [1.54, 1.807) is 24.3 Å². The number of allylic oxidation sites excluding steroid dienone is 1. The molecule has 2 bridgehead atoms. The van der Waals surface area contributed by atoms with Crippen LogP contribution in [0.1, 0.15) is 86.5 Å². The van der Waals surface area contributed by atoms with E-state index in [-0.39, 0.29) is 48.8 Å². The summed E-state index contributed by atoms with van der Waals surface area (Å²) >= 11 is 8.26. The number of methoxy groups -OCH3 is 1. The Morgan fingerprint density at radius 3 is 2.41 bits per heavy atom. The van der Waals surface area contributed by atoms with Crippen LogP contribution in [0.25, 0.3) is 22.3 Å². The van der Waals surface area contributed by atoms with E-state index in [4.69, 9.17) is 40.5 Å². The van der Waals surface area contributed by atoms with Gasteiger partial charge >= 0.3 is 12.1 Å². The number of hydrogen-bond acceptors (Lipinski definition) is 12. The second-order valence-corrected chi connectivity index (χ2v) is 18.4. The smallest absolute Gasteiger partial charge is 0.408 e. The summed E-state index contributed by atoms with van der Waals surface area (Å²) in [6.07, 6.45) is 3.23. The minimum Gasteiger partial charge on any atom is -0.495 e. The summed E-state index contributed by atoms with van der Waals surface area (Å²) in [6, 6.07) is 3.09. The lowest BCUT2D eigenvalue weighted by molar-refractivity contribution is -0.149. The zero-order chi connectivity index (χ0) is 42.8. The van der Waals surface area contributed by atoms with Crippen molar-refractivity contribution >= 4 is 62.8 Å². The Balaban J connectivity index is 1.33. The number of fused-ring (bicyclic) bond motifs is 3. The highest BCUT2D eigenvalue weighted by Gasteiger charge is 2.48. The molecule has 4 N–H and O–H groups in total. The van der Waals surface area contributed by atoms with E-state index in [0.717, 1.165) is 12.8 Å². The van der Waals surface area contributed by atoms with Crippen molar-refractivity contribution in [2.24, 2.45) is 5.41 Å². The number of aromatic nitrogens is 2. The molecule has 7 atom stereocenters. The van der Waals surface area contributed by atoms with Crippen LogP contribution in [0.3, 0.4) is 0 Å². The third-order valence-corrected chi connectivity index (χ3v) is 12.1. The van der Waals surface area contributed by atoms with Crippen LogP contribution in [-0.2, 0) is 23.9 Å². The summed E-state index contributed by atoms with van der Waals surface area (Å²) in [7, 11) is 1.51. The average molecular weight is 855 g/mol. The number of ether oxygens (including phenoxy) is 4. The molecule has 0 radical (unpaired) electrons. The Kier molecular flexibility index (Phi) is 13.3. The Morgan fingerprint density at radius 2 is 1.78 bits per heavy atom. The van der Waals surface area contributed by atoms with Crippen LogP contribution in [0.4, 0.5) is 9.93 Å². The van der Waals surface area contributed by atoms with E-state index in [1.807, 2.05) is 40.0 Å². The maximum absolute atomic E-state index is 14.8. The molecule has 59 heavy (non-hydrogen) atoms. The van der Waals surface area contributed by atoms with Crippen molar-refractivity contribution in [1.82, 2.24) is 25.5 Å². The first kappa shape index (κ1) is 43.9. The van der Waals surface area contributed by atoms with Gasteiger partial charge in [-0.05, 0) is 64.0 Å². The Labute approximate surface area is 353 Å². The molecular formula is C42H55ClN6O9S. The van der Waals surface area contributed by atoms with Crippen LogP contribution >= 0.6 is 22.9 Å². The number of nitrogens with one attached hydrogen (secondary N) is 3. The Bertz CT molecular complexity index is 2060. The lowest BCUT2D eigenvalue weighted by Gasteiger charge is -2.36. The van der Waals surface area contributed by atoms with Crippen LogP contribution in [0.5, 0.6) is 11.5 Å². The fraction of sp³-hybridized carbons (Fsp3) is 0.571. The van der Waals surface area contributed by atoms with Gasteiger partial charge in [0.2, 0.25) is 11.8 Å². The van der Waals surface area contributed by atoms with Crippen LogP contribution < -0.4 is 25.4 Å². The number of aliphatic carboxylic acids is 1. The molecule has 15 nitrogen and oxygen atoms in total. The molecule has 6 rings (SSSR count). The van der Waals surface area contributed by atoms with Crippen LogP contribution in [-0.4, -0.2) is 106 Å². The molecule has 5 heterocycles. The highest BCUT2D eigenvalue weighted by molar-refractivity contribution is 7.14. The minimum absolute atomic E-state index is 0.00306. The number of benzene rings is 1. The first-order chi connectivity index (χ1) is 27.9. The minimum atomic E-state index is -1.66. The van der Waals surface area contributed by atoms with Crippen molar-refractivity contribution in [2.45, 2.75) is 135 Å². The molecule has 0 saturated carbocycles.